The number of halogens is 1. The summed E-state index contributed by atoms with van der Waals surface area (Å²) in [5.74, 6) is 0. The fourth-order valence-corrected chi connectivity index (χ4v) is 1.24. The average Bonchev–Trinajstić information content (AvgIpc) is 1.99. The van der Waals surface area contributed by atoms with Gasteiger partial charge >= 0.3 is 0 Å². The number of hydrogen-bond acceptors (Lipinski definition) is 1. The molecule has 0 spiro atoms. The second-order valence-electron chi connectivity index (χ2n) is 2.25. The minimum Gasteiger partial charge on any atom is -0.378 e. The van der Waals surface area contributed by atoms with Gasteiger partial charge in [-0.25, -0.2) is 0 Å². The van der Waals surface area contributed by atoms with Crippen molar-refractivity contribution in [1.82, 2.24) is 0 Å². The molecule has 0 radical (unpaired) electrons. The number of ether oxygens (including phenoxy) is 1. The molecule has 0 aromatic rings. The number of methoxy groups -OCH3 is 1. The summed E-state index contributed by atoms with van der Waals surface area (Å²) in [6, 6.07) is 0. The first kappa shape index (κ1) is 10.2. The quantitative estimate of drug-likeness (QED) is 0.508. The molecule has 0 heterocycles. The van der Waals surface area contributed by atoms with Gasteiger partial charge in [0.1, 0.15) is 0 Å². The van der Waals surface area contributed by atoms with Crippen molar-refractivity contribution in [3.63, 3.8) is 0 Å². The van der Waals surface area contributed by atoms with E-state index in [1.165, 1.54) is 5.57 Å². The molecular weight excluding hydrogens is 192 g/mol. The lowest BCUT2D eigenvalue weighted by Gasteiger charge is -2.05. The molecule has 1 nitrogen and oxygen atoms in total. The second kappa shape index (κ2) is 5.93. The Hall–Kier alpha value is 0.180. The van der Waals surface area contributed by atoms with Gasteiger partial charge in [0.15, 0.2) is 0 Å². The lowest BCUT2D eigenvalue weighted by atomic mass is 10.2. The minimum absolute atomic E-state index is 0.243. The van der Waals surface area contributed by atoms with E-state index in [9.17, 15) is 0 Å². The maximum absolute atomic E-state index is 5.09. The van der Waals surface area contributed by atoms with Crippen LogP contribution in [0.4, 0.5) is 0 Å². The molecule has 0 aliphatic rings. The summed E-state index contributed by atoms with van der Waals surface area (Å²) in [6.07, 6.45) is 3.49. The van der Waals surface area contributed by atoms with E-state index in [2.05, 4.69) is 28.9 Å². The van der Waals surface area contributed by atoms with E-state index in [4.69, 9.17) is 4.74 Å². The van der Waals surface area contributed by atoms with Gasteiger partial charge in [-0.05, 0) is 13.3 Å². The number of allylic oxidation sites excluding steroid dienone is 1. The molecular formula is C8H15BrO. The van der Waals surface area contributed by atoms with Crippen LogP contribution in [-0.4, -0.2) is 18.5 Å². The fraction of sp³-hybridized carbons (Fsp3) is 0.750. The van der Waals surface area contributed by atoms with Crippen molar-refractivity contribution >= 4 is 15.9 Å². The molecule has 1 unspecified atom stereocenters. The minimum atomic E-state index is 0.243. The zero-order valence-electron chi connectivity index (χ0n) is 6.86. The van der Waals surface area contributed by atoms with Crippen LogP contribution in [0.1, 0.15) is 20.3 Å². The Morgan fingerprint density at radius 3 is 2.60 bits per heavy atom. The molecule has 0 fully saturated rings. The Bertz CT molecular complexity index is 104. The van der Waals surface area contributed by atoms with E-state index in [1.807, 2.05) is 6.92 Å². The summed E-state index contributed by atoms with van der Waals surface area (Å²) < 4.78 is 5.09. The smallest absolute Gasteiger partial charge is 0.0726 e. The molecule has 60 valence electrons. The van der Waals surface area contributed by atoms with Gasteiger partial charge in [-0.3, -0.25) is 0 Å². The molecule has 0 N–H and O–H groups in total. The molecule has 0 aliphatic carbocycles. The Kier molecular flexibility index (Phi) is 6.03. The molecule has 0 aromatic carbocycles. The van der Waals surface area contributed by atoms with Crippen LogP contribution in [0.5, 0.6) is 0 Å². The molecule has 2 heteroatoms. The van der Waals surface area contributed by atoms with Crippen LogP contribution in [0.25, 0.3) is 0 Å². The third kappa shape index (κ3) is 4.07. The van der Waals surface area contributed by atoms with Crippen LogP contribution in [0, 0.1) is 0 Å². The van der Waals surface area contributed by atoms with E-state index >= 15 is 0 Å². The monoisotopic (exact) mass is 206 g/mol. The van der Waals surface area contributed by atoms with Crippen molar-refractivity contribution in [1.29, 1.82) is 0 Å². The molecule has 0 saturated carbocycles. The van der Waals surface area contributed by atoms with Crippen molar-refractivity contribution < 1.29 is 4.74 Å². The Labute approximate surface area is 71.6 Å². The van der Waals surface area contributed by atoms with Crippen molar-refractivity contribution in [2.24, 2.45) is 0 Å². The van der Waals surface area contributed by atoms with Gasteiger partial charge in [-0.1, -0.05) is 34.5 Å². The molecule has 0 saturated heterocycles. The van der Waals surface area contributed by atoms with Crippen molar-refractivity contribution in [2.75, 3.05) is 12.4 Å². The SMILES string of the molecule is CC/C(=C/C(C)OC)CBr. The summed E-state index contributed by atoms with van der Waals surface area (Å²) in [5.41, 5.74) is 1.40. The van der Waals surface area contributed by atoms with Gasteiger partial charge < -0.3 is 4.74 Å². The normalized spacial score (nSPS) is 15.4. The van der Waals surface area contributed by atoms with Crippen LogP contribution in [0.2, 0.25) is 0 Å². The summed E-state index contributed by atoms with van der Waals surface area (Å²) >= 11 is 3.41. The first-order valence-corrected chi connectivity index (χ1v) is 4.65. The topological polar surface area (TPSA) is 9.23 Å². The van der Waals surface area contributed by atoms with E-state index in [-0.39, 0.29) is 6.10 Å². The van der Waals surface area contributed by atoms with Gasteiger partial charge in [-0.2, -0.15) is 0 Å². The van der Waals surface area contributed by atoms with Crippen molar-refractivity contribution in [3.05, 3.63) is 11.6 Å². The lowest BCUT2D eigenvalue weighted by Crippen LogP contribution is -2.01. The van der Waals surface area contributed by atoms with Crippen molar-refractivity contribution in [3.8, 4) is 0 Å². The van der Waals surface area contributed by atoms with Crippen molar-refractivity contribution in [2.45, 2.75) is 26.4 Å². The van der Waals surface area contributed by atoms with E-state index in [1.54, 1.807) is 7.11 Å². The Balaban J connectivity index is 3.83. The number of rotatable bonds is 4. The average molecular weight is 207 g/mol. The van der Waals surface area contributed by atoms with Crippen LogP contribution >= 0.6 is 15.9 Å². The Morgan fingerprint density at radius 1 is 1.70 bits per heavy atom. The summed E-state index contributed by atoms with van der Waals surface area (Å²) in [7, 11) is 1.72. The molecule has 1 atom stereocenters. The highest BCUT2D eigenvalue weighted by Crippen LogP contribution is 2.06. The van der Waals surface area contributed by atoms with Gasteiger partial charge in [-0.15, -0.1) is 0 Å². The van der Waals surface area contributed by atoms with Crippen LogP contribution in [0.3, 0.4) is 0 Å². The summed E-state index contributed by atoms with van der Waals surface area (Å²) in [4.78, 5) is 0. The zero-order chi connectivity index (χ0) is 7.98. The van der Waals surface area contributed by atoms with Gasteiger partial charge in [0, 0.05) is 12.4 Å². The molecule has 0 aliphatic heterocycles. The predicted molar refractivity (Wildman–Crippen MR) is 48.6 cm³/mol. The highest BCUT2D eigenvalue weighted by Gasteiger charge is 1.95. The maximum atomic E-state index is 5.09. The Morgan fingerprint density at radius 2 is 2.30 bits per heavy atom. The summed E-state index contributed by atoms with van der Waals surface area (Å²) in [5, 5.41) is 0.956. The molecule has 10 heavy (non-hydrogen) atoms. The highest BCUT2D eigenvalue weighted by molar-refractivity contribution is 9.09. The van der Waals surface area contributed by atoms with E-state index < -0.39 is 0 Å². The first-order valence-electron chi connectivity index (χ1n) is 3.52. The zero-order valence-corrected chi connectivity index (χ0v) is 8.44. The molecule has 0 amide bonds. The maximum Gasteiger partial charge on any atom is 0.0726 e. The molecule has 0 bridgehead atoms. The van der Waals surface area contributed by atoms with E-state index in [0.717, 1.165) is 11.8 Å². The standard InChI is InChI=1S/C8H15BrO/c1-4-8(6-9)5-7(2)10-3/h5,7H,4,6H2,1-3H3/b8-5-. The molecule has 0 rings (SSSR count). The highest BCUT2D eigenvalue weighted by atomic mass is 79.9. The number of alkyl halides is 1. The largest absolute Gasteiger partial charge is 0.378 e. The van der Waals surface area contributed by atoms with Gasteiger partial charge in [0.25, 0.3) is 0 Å². The van der Waals surface area contributed by atoms with Crippen LogP contribution in [0.15, 0.2) is 11.6 Å². The van der Waals surface area contributed by atoms with Crippen LogP contribution in [-0.2, 0) is 4.74 Å². The summed E-state index contributed by atoms with van der Waals surface area (Å²) in [6.45, 7) is 4.19. The lowest BCUT2D eigenvalue weighted by molar-refractivity contribution is 0.155. The first-order chi connectivity index (χ1) is 4.74. The predicted octanol–water partition coefficient (Wildman–Crippen LogP) is 2.75. The van der Waals surface area contributed by atoms with Gasteiger partial charge in [0.05, 0.1) is 6.10 Å². The third-order valence-electron chi connectivity index (χ3n) is 1.47. The molecule has 0 aromatic heterocycles. The fourth-order valence-electron chi connectivity index (χ4n) is 0.657. The van der Waals surface area contributed by atoms with Crippen LogP contribution < -0.4 is 0 Å². The van der Waals surface area contributed by atoms with Gasteiger partial charge in [0.2, 0.25) is 0 Å². The third-order valence-corrected chi connectivity index (χ3v) is 2.19. The van der Waals surface area contributed by atoms with E-state index in [0.29, 0.717) is 0 Å². The number of hydrogen-bond donors (Lipinski definition) is 0. The second-order valence-corrected chi connectivity index (χ2v) is 2.81.